The molecule has 1 aliphatic heterocycles. The van der Waals surface area contributed by atoms with Gasteiger partial charge in [0.2, 0.25) is 5.91 Å². The van der Waals surface area contributed by atoms with Crippen LogP contribution in [0.3, 0.4) is 0 Å². The zero-order valence-electron chi connectivity index (χ0n) is 11.7. The van der Waals surface area contributed by atoms with E-state index in [1.54, 1.807) is 0 Å². The minimum atomic E-state index is 0.0490. The summed E-state index contributed by atoms with van der Waals surface area (Å²) in [6.45, 7) is 4.19. The van der Waals surface area contributed by atoms with Crippen molar-refractivity contribution in [3.63, 3.8) is 0 Å². The Morgan fingerprint density at radius 2 is 2.11 bits per heavy atom. The first kappa shape index (κ1) is 13.8. The van der Waals surface area contributed by atoms with Gasteiger partial charge in [-0.2, -0.15) is 0 Å². The minimum absolute atomic E-state index is 0.0490. The molecule has 1 amide bonds. The van der Waals surface area contributed by atoms with Crippen molar-refractivity contribution in [1.82, 2.24) is 10.2 Å². The summed E-state index contributed by atoms with van der Waals surface area (Å²) >= 11 is 0. The lowest BCUT2D eigenvalue weighted by Crippen LogP contribution is -2.53. The van der Waals surface area contributed by atoms with Gasteiger partial charge in [-0.05, 0) is 26.8 Å². The molecule has 104 valence electrons. The van der Waals surface area contributed by atoms with E-state index in [1.165, 1.54) is 19.3 Å². The molecule has 4 heteroatoms. The smallest absolute Gasteiger partial charge is 0.224 e. The Bertz CT molecular complexity index is 288. The Balaban J connectivity index is 1.95. The fourth-order valence-corrected chi connectivity index (χ4v) is 3.23. The summed E-state index contributed by atoms with van der Waals surface area (Å²) in [5.74, 6) is 0.294. The number of carbonyl (C=O) groups is 1. The van der Waals surface area contributed by atoms with Gasteiger partial charge in [0.25, 0.3) is 0 Å². The standard InChI is InChI=1S/C14H26N2O2/c1-12-11-18-9-8-16(12)13(17)10-14(15-2)6-4-3-5-7-14/h12,15H,3-11H2,1-2H3. The fourth-order valence-electron chi connectivity index (χ4n) is 3.23. The van der Waals surface area contributed by atoms with Gasteiger partial charge in [0.1, 0.15) is 0 Å². The maximum Gasteiger partial charge on any atom is 0.224 e. The number of hydrogen-bond acceptors (Lipinski definition) is 3. The summed E-state index contributed by atoms with van der Waals surface area (Å²) in [7, 11) is 2.00. The lowest BCUT2D eigenvalue weighted by atomic mass is 9.79. The molecule has 2 rings (SSSR count). The van der Waals surface area contributed by atoms with Gasteiger partial charge in [0, 0.05) is 18.5 Å². The van der Waals surface area contributed by atoms with Crippen molar-refractivity contribution in [3.05, 3.63) is 0 Å². The van der Waals surface area contributed by atoms with Crippen LogP contribution in [0.25, 0.3) is 0 Å². The zero-order chi connectivity index (χ0) is 13.0. The van der Waals surface area contributed by atoms with Crippen LogP contribution < -0.4 is 5.32 Å². The van der Waals surface area contributed by atoms with Crippen LogP contribution in [-0.2, 0) is 9.53 Å². The van der Waals surface area contributed by atoms with Gasteiger partial charge < -0.3 is 15.0 Å². The van der Waals surface area contributed by atoms with Crippen LogP contribution in [0, 0.1) is 0 Å². The highest BCUT2D eigenvalue weighted by atomic mass is 16.5. The van der Waals surface area contributed by atoms with E-state index in [9.17, 15) is 4.79 Å². The SMILES string of the molecule is CNC1(CC(=O)N2CCOCC2C)CCCCC1. The molecule has 0 aromatic heterocycles. The first-order chi connectivity index (χ1) is 8.67. The molecule has 0 aromatic carbocycles. The van der Waals surface area contributed by atoms with Crippen LogP contribution in [0.5, 0.6) is 0 Å². The summed E-state index contributed by atoms with van der Waals surface area (Å²) in [4.78, 5) is 14.5. The fraction of sp³-hybridized carbons (Fsp3) is 0.929. The Kier molecular flexibility index (Phi) is 4.62. The number of amides is 1. The van der Waals surface area contributed by atoms with Crippen LogP contribution in [-0.4, -0.2) is 49.2 Å². The van der Waals surface area contributed by atoms with Crippen molar-refractivity contribution < 1.29 is 9.53 Å². The van der Waals surface area contributed by atoms with Crippen LogP contribution >= 0.6 is 0 Å². The van der Waals surface area contributed by atoms with Gasteiger partial charge in [0.05, 0.1) is 19.3 Å². The number of ether oxygens (including phenoxy) is 1. The second-order valence-corrected chi connectivity index (χ2v) is 5.78. The minimum Gasteiger partial charge on any atom is -0.377 e. The van der Waals surface area contributed by atoms with Gasteiger partial charge in [-0.15, -0.1) is 0 Å². The molecule has 1 heterocycles. The Hall–Kier alpha value is -0.610. The van der Waals surface area contributed by atoms with Gasteiger partial charge in [-0.1, -0.05) is 19.3 Å². The quantitative estimate of drug-likeness (QED) is 0.831. The van der Waals surface area contributed by atoms with Crippen LogP contribution in [0.4, 0.5) is 0 Å². The molecule has 0 bridgehead atoms. The Morgan fingerprint density at radius 1 is 1.39 bits per heavy atom. The summed E-state index contributed by atoms with van der Waals surface area (Å²) < 4.78 is 5.39. The van der Waals surface area contributed by atoms with E-state index in [1.807, 2.05) is 11.9 Å². The van der Waals surface area contributed by atoms with Crippen molar-refractivity contribution >= 4 is 5.91 Å². The van der Waals surface area contributed by atoms with Gasteiger partial charge in [-0.25, -0.2) is 0 Å². The number of rotatable bonds is 3. The highest BCUT2D eigenvalue weighted by Crippen LogP contribution is 2.31. The van der Waals surface area contributed by atoms with Crippen molar-refractivity contribution in [2.75, 3.05) is 26.8 Å². The van der Waals surface area contributed by atoms with E-state index in [0.29, 0.717) is 25.5 Å². The maximum absolute atomic E-state index is 12.5. The number of nitrogens with one attached hydrogen (secondary N) is 1. The Morgan fingerprint density at radius 3 is 2.72 bits per heavy atom. The molecule has 18 heavy (non-hydrogen) atoms. The molecule has 2 aliphatic rings. The summed E-state index contributed by atoms with van der Waals surface area (Å²) in [6, 6.07) is 0.226. The van der Waals surface area contributed by atoms with E-state index in [-0.39, 0.29) is 11.6 Å². The van der Waals surface area contributed by atoms with E-state index >= 15 is 0 Å². The first-order valence-electron chi connectivity index (χ1n) is 7.23. The molecule has 1 saturated carbocycles. The average Bonchev–Trinajstić information content (AvgIpc) is 2.40. The zero-order valence-corrected chi connectivity index (χ0v) is 11.7. The number of nitrogens with zero attached hydrogens (tertiary/aromatic N) is 1. The molecular weight excluding hydrogens is 228 g/mol. The predicted octanol–water partition coefficient (Wildman–Crippen LogP) is 1.55. The Labute approximate surface area is 110 Å². The molecule has 1 aliphatic carbocycles. The van der Waals surface area contributed by atoms with Crippen LogP contribution in [0.15, 0.2) is 0 Å². The molecule has 0 radical (unpaired) electrons. The van der Waals surface area contributed by atoms with Crippen molar-refractivity contribution in [1.29, 1.82) is 0 Å². The lowest BCUT2D eigenvalue weighted by Gasteiger charge is -2.40. The number of carbonyl (C=O) groups excluding carboxylic acids is 1. The molecule has 4 nitrogen and oxygen atoms in total. The second kappa shape index (κ2) is 6.02. The molecule has 1 unspecified atom stereocenters. The largest absolute Gasteiger partial charge is 0.377 e. The van der Waals surface area contributed by atoms with Crippen molar-refractivity contribution in [2.45, 2.75) is 57.0 Å². The summed E-state index contributed by atoms with van der Waals surface area (Å²) in [5.41, 5.74) is 0.0490. The van der Waals surface area contributed by atoms with E-state index in [2.05, 4.69) is 12.2 Å². The molecule has 2 fully saturated rings. The first-order valence-corrected chi connectivity index (χ1v) is 7.23. The van der Waals surface area contributed by atoms with E-state index in [0.717, 1.165) is 19.4 Å². The third kappa shape index (κ3) is 3.04. The van der Waals surface area contributed by atoms with Gasteiger partial charge in [0.15, 0.2) is 0 Å². The average molecular weight is 254 g/mol. The topological polar surface area (TPSA) is 41.6 Å². The lowest BCUT2D eigenvalue weighted by molar-refractivity contribution is -0.141. The molecule has 1 atom stereocenters. The predicted molar refractivity (Wildman–Crippen MR) is 71.5 cm³/mol. The maximum atomic E-state index is 12.5. The van der Waals surface area contributed by atoms with E-state index in [4.69, 9.17) is 4.74 Å². The van der Waals surface area contributed by atoms with E-state index < -0.39 is 0 Å². The molecule has 1 saturated heterocycles. The molecule has 0 spiro atoms. The molecule has 0 aromatic rings. The highest BCUT2D eigenvalue weighted by molar-refractivity contribution is 5.78. The summed E-state index contributed by atoms with van der Waals surface area (Å²) in [6.07, 6.45) is 6.71. The second-order valence-electron chi connectivity index (χ2n) is 5.78. The van der Waals surface area contributed by atoms with Gasteiger partial charge >= 0.3 is 0 Å². The normalized spacial score (nSPS) is 28.1. The third-order valence-electron chi connectivity index (χ3n) is 4.52. The van der Waals surface area contributed by atoms with Crippen LogP contribution in [0.2, 0.25) is 0 Å². The number of morpholine rings is 1. The summed E-state index contributed by atoms with van der Waals surface area (Å²) in [5, 5.41) is 3.42. The van der Waals surface area contributed by atoms with Crippen molar-refractivity contribution in [2.24, 2.45) is 0 Å². The third-order valence-corrected chi connectivity index (χ3v) is 4.52. The van der Waals surface area contributed by atoms with Crippen molar-refractivity contribution in [3.8, 4) is 0 Å². The van der Waals surface area contributed by atoms with Crippen LogP contribution in [0.1, 0.15) is 45.4 Å². The highest BCUT2D eigenvalue weighted by Gasteiger charge is 2.35. The monoisotopic (exact) mass is 254 g/mol. The van der Waals surface area contributed by atoms with Gasteiger partial charge in [-0.3, -0.25) is 4.79 Å². The number of hydrogen-bond donors (Lipinski definition) is 1. The molecule has 1 N–H and O–H groups in total. The molecular formula is C14H26N2O2.